The van der Waals surface area contributed by atoms with Crippen molar-refractivity contribution < 1.29 is 36.8 Å². The summed E-state index contributed by atoms with van der Waals surface area (Å²) < 4.78 is 28.0. The number of carbonyl (C=O) groups is 1. The third-order valence-corrected chi connectivity index (χ3v) is 11.4. The summed E-state index contributed by atoms with van der Waals surface area (Å²) in [7, 11) is -3.03. The van der Waals surface area contributed by atoms with Gasteiger partial charge in [0.05, 0.1) is 19.8 Å². The van der Waals surface area contributed by atoms with Crippen LogP contribution in [0.2, 0.25) is 31.7 Å². The average Bonchev–Trinajstić information content (AvgIpc) is 2.62. The Morgan fingerprint density at radius 2 is 2.00 bits per heavy atom. The van der Waals surface area contributed by atoms with Crippen LogP contribution in [0.1, 0.15) is 19.8 Å². The monoisotopic (exact) mass is 465 g/mol. The van der Waals surface area contributed by atoms with Crippen LogP contribution in [0.3, 0.4) is 0 Å². The molecule has 0 bridgehead atoms. The number of rotatable bonds is 18. The van der Waals surface area contributed by atoms with Crippen LogP contribution in [0.5, 0.6) is 0 Å². The highest BCUT2D eigenvalue weighted by atomic mass is 28.4. The smallest absolute Gasteiger partial charge is 0.411 e. The first kappa shape index (κ1) is 27.8. The van der Waals surface area contributed by atoms with E-state index in [-0.39, 0.29) is 39.0 Å². The minimum Gasteiger partial charge on any atom is -0.462 e. The molecule has 0 aliphatic carbocycles. The summed E-state index contributed by atoms with van der Waals surface area (Å²) in [5.74, 6) is -0.361. The number of aliphatic hydroxyl groups excluding tert-OH is 2. The van der Waals surface area contributed by atoms with Crippen molar-refractivity contribution in [1.82, 2.24) is 0 Å². The van der Waals surface area contributed by atoms with Gasteiger partial charge < -0.3 is 32.0 Å². The van der Waals surface area contributed by atoms with Crippen LogP contribution >= 0.6 is 0 Å². The molecule has 28 heavy (non-hydrogen) atoms. The standard InChI is InChI=1S/C16H33O8Si4/c1-14(2)16(19)21-9-6-10-25-22-26-23-28(5,24-27(3)4)11-7-8-20-13-15(18)12-17/h15,17-18H,1,6-13H2,2-5H3. The Morgan fingerprint density at radius 1 is 1.29 bits per heavy atom. The average molecular weight is 466 g/mol. The summed E-state index contributed by atoms with van der Waals surface area (Å²) in [6, 6.07) is 1.57. The third kappa shape index (κ3) is 15.7. The fourth-order valence-corrected chi connectivity index (χ4v) is 9.72. The van der Waals surface area contributed by atoms with Crippen molar-refractivity contribution in [2.45, 2.75) is 57.6 Å². The van der Waals surface area contributed by atoms with Gasteiger partial charge in [-0.15, -0.1) is 0 Å². The molecule has 2 N–H and O–H groups in total. The molecule has 0 aromatic heterocycles. The van der Waals surface area contributed by atoms with Crippen LogP contribution < -0.4 is 0 Å². The summed E-state index contributed by atoms with van der Waals surface area (Å²) in [6.07, 6.45) is 0.662. The molecule has 0 rings (SSSR count). The lowest BCUT2D eigenvalue weighted by atomic mass is 10.4. The Bertz CT molecular complexity index is 441. The summed E-state index contributed by atoms with van der Waals surface area (Å²) in [5.41, 5.74) is 0.403. The van der Waals surface area contributed by atoms with Gasteiger partial charge in [0.15, 0.2) is 9.04 Å². The van der Waals surface area contributed by atoms with E-state index in [1.54, 1.807) is 6.92 Å². The molecular formula is C16H33O8Si4. The lowest BCUT2D eigenvalue weighted by molar-refractivity contribution is -0.138. The van der Waals surface area contributed by atoms with Gasteiger partial charge in [-0.3, -0.25) is 0 Å². The number of hydrogen-bond donors (Lipinski definition) is 2. The maximum Gasteiger partial charge on any atom is 0.411 e. The van der Waals surface area contributed by atoms with Gasteiger partial charge in [-0.2, -0.15) is 0 Å². The van der Waals surface area contributed by atoms with Gasteiger partial charge >= 0.3 is 24.5 Å². The molecule has 2 atom stereocenters. The van der Waals surface area contributed by atoms with Crippen molar-refractivity contribution in [1.29, 1.82) is 0 Å². The molecule has 0 saturated carbocycles. The van der Waals surface area contributed by atoms with Crippen molar-refractivity contribution in [3.05, 3.63) is 12.2 Å². The summed E-state index contributed by atoms with van der Waals surface area (Å²) >= 11 is 0. The van der Waals surface area contributed by atoms with Gasteiger partial charge in [0.25, 0.3) is 0 Å². The number of carbonyl (C=O) groups excluding carboxylic acids is 1. The quantitative estimate of drug-likeness (QED) is 0.135. The fraction of sp³-hybridized carbons (Fsp3) is 0.812. The summed E-state index contributed by atoms with van der Waals surface area (Å²) in [6.45, 7) is 12.0. The molecule has 0 amide bonds. The minimum absolute atomic E-state index is 0.0758. The highest BCUT2D eigenvalue weighted by molar-refractivity contribution is 6.76. The zero-order chi connectivity index (χ0) is 21.4. The molecule has 0 aliphatic rings. The SMILES string of the molecule is C=C(C)C(=O)OCCC[Si]O[Si]O[Si](C)(CCCOCC(O)CO)O[Si](C)C. The minimum atomic E-state index is -2.33. The molecule has 0 aliphatic heterocycles. The molecule has 0 aromatic carbocycles. The van der Waals surface area contributed by atoms with Crippen molar-refractivity contribution >= 4 is 43.3 Å². The van der Waals surface area contributed by atoms with Crippen molar-refractivity contribution in [3.8, 4) is 0 Å². The second-order valence-corrected chi connectivity index (χ2v) is 14.6. The van der Waals surface area contributed by atoms with Crippen LogP contribution in [0, 0.1) is 0 Å². The second-order valence-electron chi connectivity index (χ2n) is 6.61. The van der Waals surface area contributed by atoms with Gasteiger partial charge in [0, 0.05) is 12.2 Å². The molecule has 0 aromatic rings. The predicted octanol–water partition coefficient (Wildman–Crippen LogP) is 1.20. The zero-order valence-electron chi connectivity index (χ0n) is 17.3. The third-order valence-electron chi connectivity index (χ3n) is 3.24. The first-order valence-corrected chi connectivity index (χ1v) is 16.1. The van der Waals surface area contributed by atoms with Crippen LogP contribution in [0.4, 0.5) is 0 Å². The molecule has 2 unspecified atom stereocenters. The fourth-order valence-electron chi connectivity index (χ4n) is 1.94. The molecule has 0 fully saturated rings. The van der Waals surface area contributed by atoms with E-state index in [4.69, 9.17) is 26.9 Å². The van der Waals surface area contributed by atoms with Crippen LogP contribution in [0.25, 0.3) is 0 Å². The lowest BCUT2D eigenvalue weighted by Gasteiger charge is -2.28. The highest BCUT2D eigenvalue weighted by Crippen LogP contribution is 2.17. The number of ether oxygens (including phenoxy) is 2. The van der Waals surface area contributed by atoms with E-state index in [9.17, 15) is 9.90 Å². The Hall–Kier alpha value is -0.162. The van der Waals surface area contributed by atoms with Crippen molar-refractivity contribution in [2.75, 3.05) is 26.4 Å². The summed E-state index contributed by atoms with van der Waals surface area (Å²) in [5, 5.41) is 18.0. The normalized spacial score (nSPS) is 14.7. The Labute approximate surface area is 176 Å². The van der Waals surface area contributed by atoms with Crippen LogP contribution in [0.15, 0.2) is 12.2 Å². The van der Waals surface area contributed by atoms with E-state index in [2.05, 4.69) is 19.7 Å². The largest absolute Gasteiger partial charge is 0.462 e. The van der Waals surface area contributed by atoms with Gasteiger partial charge in [0.2, 0.25) is 9.76 Å². The first-order valence-electron chi connectivity index (χ1n) is 9.20. The summed E-state index contributed by atoms with van der Waals surface area (Å²) in [4.78, 5) is 11.2. The van der Waals surface area contributed by atoms with Gasteiger partial charge in [-0.05, 0) is 51.5 Å². The number of esters is 1. The van der Waals surface area contributed by atoms with E-state index in [1.807, 2.05) is 6.55 Å². The molecule has 0 spiro atoms. The van der Waals surface area contributed by atoms with E-state index in [0.29, 0.717) is 18.8 Å². The van der Waals surface area contributed by atoms with Crippen LogP contribution in [-0.4, -0.2) is 86.1 Å². The molecule has 161 valence electrons. The number of hydrogen-bond acceptors (Lipinski definition) is 8. The molecule has 0 heterocycles. The van der Waals surface area contributed by atoms with E-state index in [0.717, 1.165) is 24.9 Å². The second kappa shape index (κ2) is 16.6. The number of aliphatic hydroxyl groups is 2. The Morgan fingerprint density at radius 3 is 2.61 bits per heavy atom. The Balaban J connectivity index is 3.94. The van der Waals surface area contributed by atoms with E-state index >= 15 is 0 Å². The molecule has 12 heteroatoms. The van der Waals surface area contributed by atoms with Crippen molar-refractivity contribution in [2.24, 2.45) is 0 Å². The molecule has 0 saturated heterocycles. The Kier molecular flexibility index (Phi) is 16.5. The van der Waals surface area contributed by atoms with E-state index in [1.165, 1.54) is 0 Å². The van der Waals surface area contributed by atoms with E-state index < -0.39 is 23.7 Å². The molecule has 5 radical (unpaired) electrons. The topological polar surface area (TPSA) is 104 Å². The van der Waals surface area contributed by atoms with Gasteiger partial charge in [-0.1, -0.05) is 6.58 Å². The maximum absolute atomic E-state index is 11.2. The molecule has 8 nitrogen and oxygen atoms in total. The highest BCUT2D eigenvalue weighted by Gasteiger charge is 2.32. The first-order chi connectivity index (χ1) is 13.2. The maximum atomic E-state index is 11.2. The van der Waals surface area contributed by atoms with Crippen LogP contribution in [-0.2, 0) is 26.6 Å². The predicted molar refractivity (Wildman–Crippen MR) is 112 cm³/mol. The van der Waals surface area contributed by atoms with Crippen molar-refractivity contribution in [3.63, 3.8) is 0 Å². The molecular weight excluding hydrogens is 433 g/mol. The lowest BCUT2D eigenvalue weighted by Crippen LogP contribution is -2.44. The van der Waals surface area contributed by atoms with Gasteiger partial charge in [-0.25, -0.2) is 4.79 Å². The van der Waals surface area contributed by atoms with Gasteiger partial charge in [0.1, 0.15) is 6.10 Å². The zero-order valence-corrected chi connectivity index (χ0v) is 21.3.